The second-order valence-electron chi connectivity index (χ2n) is 10.7. The molecule has 0 aromatic heterocycles. The lowest BCUT2D eigenvalue weighted by Gasteiger charge is -2.25. The van der Waals surface area contributed by atoms with Crippen molar-refractivity contribution in [2.45, 2.75) is 51.6 Å². The molecule has 2 unspecified atom stereocenters. The van der Waals surface area contributed by atoms with E-state index in [0.29, 0.717) is 69.7 Å². The first-order chi connectivity index (χ1) is 20.2. The predicted molar refractivity (Wildman–Crippen MR) is 167 cm³/mol. The first-order valence-electron chi connectivity index (χ1n) is 14.1. The molecule has 0 spiro atoms. The van der Waals surface area contributed by atoms with E-state index in [1.54, 1.807) is 24.3 Å². The molecule has 8 N–H and O–H groups in total. The summed E-state index contributed by atoms with van der Waals surface area (Å²) in [5, 5.41) is 72.6. The third kappa shape index (κ3) is 5.61. The number of nitrogens with one attached hydrogen (secondary N) is 2. The van der Waals surface area contributed by atoms with Crippen LogP contribution in [-0.4, -0.2) is 42.7 Å². The number of phenolic OH excluding ortho intramolecular Hbond substituents is 6. The molecule has 0 aliphatic heterocycles. The van der Waals surface area contributed by atoms with Gasteiger partial charge in [0.25, 0.3) is 0 Å². The topological polar surface area (TPSA) is 145 Å². The summed E-state index contributed by atoms with van der Waals surface area (Å²) in [6.07, 6.45) is 2.21. The lowest BCUT2D eigenvalue weighted by Crippen LogP contribution is -2.23. The molecule has 0 saturated carbocycles. The van der Waals surface area contributed by atoms with Crippen molar-refractivity contribution in [2.24, 2.45) is 0 Å². The Morgan fingerprint density at radius 2 is 0.952 bits per heavy atom. The minimum absolute atomic E-state index is 0.0262. The van der Waals surface area contributed by atoms with E-state index in [4.69, 9.17) is 0 Å². The van der Waals surface area contributed by atoms with Gasteiger partial charge in [0.05, 0.1) is 10.8 Å². The molecule has 0 aliphatic carbocycles. The molecule has 5 aromatic carbocycles. The zero-order valence-electron chi connectivity index (χ0n) is 23.6. The number of benzene rings is 5. The van der Waals surface area contributed by atoms with Crippen molar-refractivity contribution in [3.63, 3.8) is 0 Å². The van der Waals surface area contributed by atoms with Crippen molar-refractivity contribution in [2.75, 3.05) is 10.6 Å². The summed E-state index contributed by atoms with van der Waals surface area (Å²) in [5.41, 5.74) is 2.41. The molecule has 0 heterocycles. The summed E-state index contributed by atoms with van der Waals surface area (Å²) in [4.78, 5) is 0. The Morgan fingerprint density at radius 3 is 1.33 bits per heavy atom. The third-order valence-corrected chi connectivity index (χ3v) is 7.88. The number of hydrogen-bond donors (Lipinski definition) is 8. The van der Waals surface area contributed by atoms with Gasteiger partial charge in [0, 0.05) is 34.2 Å². The zero-order valence-corrected chi connectivity index (χ0v) is 23.6. The molecule has 8 heteroatoms. The molecule has 2 atom stereocenters. The minimum Gasteiger partial charge on any atom is -0.508 e. The maximum atomic E-state index is 11.6. The van der Waals surface area contributed by atoms with Gasteiger partial charge < -0.3 is 41.3 Å². The largest absolute Gasteiger partial charge is 0.508 e. The van der Waals surface area contributed by atoms with Gasteiger partial charge in [0.1, 0.15) is 34.5 Å². The number of phenols is 6. The van der Waals surface area contributed by atoms with Gasteiger partial charge in [0.2, 0.25) is 0 Å². The molecule has 218 valence electrons. The summed E-state index contributed by atoms with van der Waals surface area (Å²) >= 11 is 0. The zero-order chi connectivity index (χ0) is 30.0. The average molecular weight is 569 g/mol. The molecular weight excluding hydrogens is 532 g/mol. The van der Waals surface area contributed by atoms with Crippen molar-refractivity contribution < 1.29 is 30.6 Å². The quantitative estimate of drug-likeness (QED) is 0.0658. The van der Waals surface area contributed by atoms with Gasteiger partial charge in [-0.15, -0.1) is 0 Å². The fourth-order valence-electron chi connectivity index (χ4n) is 5.54. The second-order valence-corrected chi connectivity index (χ2v) is 10.7. The van der Waals surface area contributed by atoms with Crippen LogP contribution < -0.4 is 10.6 Å². The first-order valence-corrected chi connectivity index (χ1v) is 14.1. The number of anilines is 2. The van der Waals surface area contributed by atoms with Crippen LogP contribution in [0.25, 0.3) is 21.5 Å². The number of fused-ring (bicyclic) bond motifs is 2. The lowest BCUT2D eigenvalue weighted by molar-refractivity contribution is 0.451. The molecule has 0 bridgehead atoms. The van der Waals surface area contributed by atoms with Gasteiger partial charge in [-0.1, -0.05) is 38.1 Å². The van der Waals surface area contributed by atoms with E-state index in [1.165, 1.54) is 36.4 Å². The summed E-state index contributed by atoms with van der Waals surface area (Å²) in [6.45, 7) is 4.01. The summed E-state index contributed by atoms with van der Waals surface area (Å²) in [5.74, 6) is 0.366. The molecule has 0 amide bonds. The van der Waals surface area contributed by atoms with Gasteiger partial charge in [-0.25, -0.2) is 0 Å². The highest BCUT2D eigenvalue weighted by Crippen LogP contribution is 2.48. The molecule has 0 fully saturated rings. The Morgan fingerprint density at radius 1 is 0.548 bits per heavy atom. The SMILES string of the molecule is CCC(Cc1cc(O)ccc1O)Nc1ccc(NC(CC)Cc2cc(O)ccc2O)c2c(O)c3ccccc3c(O)c12. The van der Waals surface area contributed by atoms with Crippen LogP contribution in [0.5, 0.6) is 34.5 Å². The van der Waals surface area contributed by atoms with Crippen molar-refractivity contribution in [3.8, 4) is 34.5 Å². The summed E-state index contributed by atoms with van der Waals surface area (Å²) in [6, 6.07) is 19.4. The Balaban J connectivity index is 1.58. The highest BCUT2D eigenvalue weighted by molar-refractivity contribution is 6.18. The van der Waals surface area contributed by atoms with Gasteiger partial charge in [-0.2, -0.15) is 0 Å². The van der Waals surface area contributed by atoms with Crippen LogP contribution in [0, 0.1) is 0 Å². The lowest BCUT2D eigenvalue weighted by atomic mass is 9.96. The van der Waals surface area contributed by atoms with Crippen molar-refractivity contribution in [3.05, 3.63) is 83.9 Å². The monoisotopic (exact) mass is 568 g/mol. The van der Waals surface area contributed by atoms with Crippen molar-refractivity contribution >= 4 is 32.9 Å². The maximum Gasteiger partial charge on any atom is 0.133 e. The van der Waals surface area contributed by atoms with Gasteiger partial charge in [-0.05, 0) is 85.3 Å². The highest BCUT2D eigenvalue weighted by Gasteiger charge is 2.22. The van der Waals surface area contributed by atoms with E-state index in [2.05, 4.69) is 10.6 Å². The summed E-state index contributed by atoms with van der Waals surface area (Å²) in [7, 11) is 0. The molecule has 5 aromatic rings. The maximum absolute atomic E-state index is 11.6. The third-order valence-electron chi connectivity index (χ3n) is 7.88. The van der Waals surface area contributed by atoms with Crippen LogP contribution in [0.2, 0.25) is 0 Å². The summed E-state index contributed by atoms with van der Waals surface area (Å²) < 4.78 is 0. The van der Waals surface area contributed by atoms with E-state index in [1.807, 2.05) is 26.0 Å². The Kier molecular flexibility index (Phi) is 8.06. The standard InChI is InChI=1S/C34H36N2O6/c1-3-21(15-19-17-23(37)9-13-29(19)39)35-27-11-12-28(36-22(4-2)16-20-18-24(38)10-14-30(20)40)32-31(27)33(41)25-7-5-6-8-26(25)34(32)42/h5-14,17-18,21-22,35-42H,3-4,15-16H2,1-2H3. The minimum atomic E-state index is -0.162. The van der Waals surface area contributed by atoms with Crippen LogP contribution in [0.4, 0.5) is 11.4 Å². The van der Waals surface area contributed by atoms with E-state index >= 15 is 0 Å². The Bertz CT molecular complexity index is 1630. The number of hydrogen-bond acceptors (Lipinski definition) is 8. The van der Waals surface area contributed by atoms with Crippen LogP contribution in [0.3, 0.4) is 0 Å². The van der Waals surface area contributed by atoms with E-state index in [-0.39, 0.29) is 46.6 Å². The van der Waals surface area contributed by atoms with E-state index in [0.717, 1.165) is 0 Å². The molecular formula is C34H36N2O6. The Labute approximate surface area is 244 Å². The van der Waals surface area contributed by atoms with Gasteiger partial charge >= 0.3 is 0 Å². The van der Waals surface area contributed by atoms with Crippen molar-refractivity contribution in [1.82, 2.24) is 0 Å². The fourth-order valence-corrected chi connectivity index (χ4v) is 5.54. The molecule has 0 saturated heterocycles. The van der Waals surface area contributed by atoms with Gasteiger partial charge in [-0.3, -0.25) is 0 Å². The van der Waals surface area contributed by atoms with Gasteiger partial charge in [0.15, 0.2) is 0 Å². The van der Waals surface area contributed by atoms with Crippen LogP contribution in [0.15, 0.2) is 72.8 Å². The average Bonchev–Trinajstić information content (AvgIpc) is 2.99. The first kappa shape index (κ1) is 28.5. The van der Waals surface area contributed by atoms with Crippen LogP contribution in [0.1, 0.15) is 37.8 Å². The fraction of sp³-hybridized carbons (Fsp3) is 0.235. The molecule has 5 rings (SSSR count). The van der Waals surface area contributed by atoms with E-state index < -0.39 is 0 Å². The number of aromatic hydroxyl groups is 6. The van der Waals surface area contributed by atoms with E-state index in [9.17, 15) is 30.6 Å². The predicted octanol–water partition coefficient (Wildman–Crippen LogP) is 7.09. The van der Waals surface area contributed by atoms with Crippen molar-refractivity contribution in [1.29, 1.82) is 0 Å². The normalized spacial score (nSPS) is 12.8. The molecule has 0 radical (unpaired) electrons. The Hall–Kier alpha value is -4.98. The molecule has 0 aliphatic rings. The highest BCUT2D eigenvalue weighted by atomic mass is 16.3. The smallest absolute Gasteiger partial charge is 0.133 e. The molecule has 42 heavy (non-hydrogen) atoms. The number of rotatable bonds is 10. The van der Waals surface area contributed by atoms with Crippen LogP contribution >= 0.6 is 0 Å². The van der Waals surface area contributed by atoms with Crippen LogP contribution in [-0.2, 0) is 12.8 Å². The molecule has 8 nitrogen and oxygen atoms in total. The second kappa shape index (κ2) is 11.9.